The van der Waals surface area contributed by atoms with Crippen molar-refractivity contribution in [3.63, 3.8) is 0 Å². The van der Waals surface area contributed by atoms with E-state index in [2.05, 4.69) is 43.0 Å². The van der Waals surface area contributed by atoms with Gasteiger partial charge in [0.1, 0.15) is 5.82 Å². The molecule has 0 fully saturated rings. The number of allylic oxidation sites excluding steroid dienone is 1. The molecule has 3 rings (SSSR count). The number of hydrogen-bond donors (Lipinski definition) is 1. The summed E-state index contributed by atoms with van der Waals surface area (Å²) in [7, 11) is 0. The molecule has 3 aromatic rings. The molecule has 0 saturated heterocycles. The first kappa shape index (κ1) is 19.6. The van der Waals surface area contributed by atoms with E-state index in [1.165, 1.54) is 11.8 Å². The minimum atomic E-state index is -0.178. The smallest absolute Gasteiger partial charge is 0.236 e. The average molecular weight is 465 g/mol. The number of nitrogens with zero attached hydrogens (tertiary/aromatic N) is 4. The number of carbonyl (C=O) groups excluding carboxylic acids is 1. The van der Waals surface area contributed by atoms with Gasteiger partial charge in [0, 0.05) is 22.8 Å². The lowest BCUT2D eigenvalue weighted by molar-refractivity contribution is -0.113. The highest BCUT2D eigenvalue weighted by Crippen LogP contribution is 2.29. The van der Waals surface area contributed by atoms with Crippen molar-refractivity contribution in [1.82, 2.24) is 19.7 Å². The Morgan fingerprint density at radius 2 is 2.11 bits per heavy atom. The SMILES string of the molecule is C=CCn1c(SCC(=O)Nc2ccc(Br)cn2)nnc1-c1ccccc1Cl. The zero-order valence-corrected chi connectivity index (χ0v) is 17.3. The van der Waals surface area contributed by atoms with E-state index in [-0.39, 0.29) is 11.7 Å². The molecule has 1 N–H and O–H groups in total. The van der Waals surface area contributed by atoms with Crippen molar-refractivity contribution in [3.8, 4) is 11.4 Å². The Bertz CT molecular complexity index is 961. The van der Waals surface area contributed by atoms with E-state index in [9.17, 15) is 4.79 Å². The minimum absolute atomic E-state index is 0.176. The highest BCUT2D eigenvalue weighted by Gasteiger charge is 2.16. The number of hydrogen-bond acceptors (Lipinski definition) is 5. The van der Waals surface area contributed by atoms with E-state index in [4.69, 9.17) is 11.6 Å². The van der Waals surface area contributed by atoms with Gasteiger partial charge >= 0.3 is 0 Å². The van der Waals surface area contributed by atoms with Crippen LogP contribution in [0, 0.1) is 0 Å². The van der Waals surface area contributed by atoms with Crippen LogP contribution >= 0.6 is 39.3 Å². The molecular formula is C18H15BrClN5OS. The largest absolute Gasteiger partial charge is 0.310 e. The number of amides is 1. The summed E-state index contributed by atoms with van der Waals surface area (Å²) < 4.78 is 2.73. The molecule has 0 bridgehead atoms. The Morgan fingerprint density at radius 3 is 2.81 bits per heavy atom. The van der Waals surface area contributed by atoms with E-state index in [1.807, 2.05) is 28.8 Å². The zero-order chi connectivity index (χ0) is 19.2. The number of benzene rings is 1. The maximum atomic E-state index is 12.2. The van der Waals surface area contributed by atoms with Gasteiger partial charge in [0.05, 0.1) is 10.8 Å². The van der Waals surface area contributed by atoms with Crippen molar-refractivity contribution in [2.24, 2.45) is 0 Å². The molecule has 0 aliphatic rings. The van der Waals surface area contributed by atoms with Gasteiger partial charge in [-0.1, -0.05) is 41.6 Å². The van der Waals surface area contributed by atoms with Gasteiger partial charge in [0.15, 0.2) is 11.0 Å². The molecule has 0 aliphatic heterocycles. The second-order valence-corrected chi connectivity index (χ2v) is 7.65. The number of rotatable bonds is 7. The third-order valence-electron chi connectivity index (χ3n) is 3.47. The fraction of sp³-hybridized carbons (Fsp3) is 0.111. The molecule has 0 unspecified atom stereocenters. The van der Waals surface area contributed by atoms with Crippen LogP contribution in [0.2, 0.25) is 5.02 Å². The summed E-state index contributed by atoms with van der Waals surface area (Å²) in [6, 6.07) is 11.0. The molecule has 2 aromatic heterocycles. The molecule has 1 amide bonds. The lowest BCUT2D eigenvalue weighted by Gasteiger charge is -2.09. The summed E-state index contributed by atoms with van der Waals surface area (Å²) in [5.74, 6) is 1.13. The van der Waals surface area contributed by atoms with Gasteiger partial charge in [-0.15, -0.1) is 16.8 Å². The molecule has 9 heteroatoms. The fourth-order valence-electron chi connectivity index (χ4n) is 2.29. The van der Waals surface area contributed by atoms with E-state index in [1.54, 1.807) is 24.4 Å². The highest BCUT2D eigenvalue weighted by atomic mass is 79.9. The Labute approximate surface area is 174 Å². The van der Waals surface area contributed by atoms with Gasteiger partial charge in [0.25, 0.3) is 0 Å². The lowest BCUT2D eigenvalue weighted by atomic mass is 10.2. The molecule has 0 saturated carbocycles. The molecule has 2 heterocycles. The maximum absolute atomic E-state index is 12.2. The average Bonchev–Trinajstić information content (AvgIpc) is 3.05. The standard InChI is InChI=1S/C18H15BrClN5OS/c1-2-9-25-17(13-5-3-4-6-14(13)20)23-24-18(25)27-11-16(26)22-15-8-7-12(19)10-21-15/h2-8,10H,1,9,11H2,(H,21,22,26). The molecule has 0 atom stereocenters. The fourth-order valence-corrected chi connectivity index (χ4v) is 3.49. The van der Waals surface area contributed by atoms with Crippen molar-refractivity contribution < 1.29 is 4.79 Å². The summed E-state index contributed by atoms with van der Waals surface area (Å²) in [6.07, 6.45) is 3.37. The molecule has 0 aliphatic carbocycles. The lowest BCUT2D eigenvalue weighted by Crippen LogP contribution is -2.15. The topological polar surface area (TPSA) is 72.7 Å². The van der Waals surface area contributed by atoms with E-state index < -0.39 is 0 Å². The molecule has 0 radical (unpaired) electrons. The Hall–Kier alpha value is -2.16. The van der Waals surface area contributed by atoms with Crippen molar-refractivity contribution in [2.45, 2.75) is 11.7 Å². The van der Waals surface area contributed by atoms with E-state index >= 15 is 0 Å². The summed E-state index contributed by atoms with van der Waals surface area (Å²) in [5, 5.41) is 12.4. The quantitative estimate of drug-likeness (QED) is 0.406. The Balaban J connectivity index is 1.73. The number of pyridine rings is 1. The van der Waals surface area contributed by atoms with Gasteiger partial charge in [0.2, 0.25) is 5.91 Å². The molecule has 138 valence electrons. The number of halogens is 2. The predicted molar refractivity (Wildman–Crippen MR) is 112 cm³/mol. The number of thioether (sulfide) groups is 1. The van der Waals surface area contributed by atoms with Crippen LogP contribution in [0.25, 0.3) is 11.4 Å². The third-order valence-corrected chi connectivity index (χ3v) is 5.24. The van der Waals surface area contributed by atoms with Gasteiger partial charge in [-0.05, 0) is 40.2 Å². The van der Waals surface area contributed by atoms with Gasteiger partial charge in [-0.3, -0.25) is 9.36 Å². The van der Waals surface area contributed by atoms with E-state index in [0.29, 0.717) is 28.4 Å². The number of anilines is 1. The highest BCUT2D eigenvalue weighted by molar-refractivity contribution is 9.10. The number of aromatic nitrogens is 4. The Kier molecular flexibility index (Phi) is 6.65. The third kappa shape index (κ3) is 4.97. The van der Waals surface area contributed by atoms with Crippen LogP contribution in [0.15, 0.2) is 64.9 Å². The summed E-state index contributed by atoms with van der Waals surface area (Å²) >= 11 is 10.9. The first-order valence-corrected chi connectivity index (χ1v) is 10.1. The molecule has 6 nitrogen and oxygen atoms in total. The maximum Gasteiger partial charge on any atom is 0.236 e. The molecule has 1 aromatic carbocycles. The summed E-state index contributed by atoms with van der Waals surface area (Å²) in [5.41, 5.74) is 0.781. The summed E-state index contributed by atoms with van der Waals surface area (Å²) in [4.78, 5) is 16.3. The molecule has 0 spiro atoms. The Morgan fingerprint density at radius 1 is 1.30 bits per heavy atom. The summed E-state index contributed by atoms with van der Waals surface area (Å²) in [6.45, 7) is 4.29. The van der Waals surface area contributed by atoms with Crippen molar-refractivity contribution in [2.75, 3.05) is 11.1 Å². The van der Waals surface area contributed by atoms with E-state index in [0.717, 1.165) is 10.0 Å². The first-order chi connectivity index (χ1) is 13.1. The second kappa shape index (κ2) is 9.16. The number of nitrogens with one attached hydrogen (secondary N) is 1. The van der Waals surface area contributed by atoms with Crippen LogP contribution in [-0.4, -0.2) is 31.4 Å². The predicted octanol–water partition coefficient (Wildman–Crippen LogP) is 4.67. The van der Waals surface area contributed by atoms with Crippen LogP contribution in [0.4, 0.5) is 5.82 Å². The van der Waals surface area contributed by atoms with Gasteiger partial charge in [-0.2, -0.15) is 0 Å². The van der Waals surface area contributed by atoms with Crippen LogP contribution in [0.3, 0.4) is 0 Å². The minimum Gasteiger partial charge on any atom is -0.310 e. The molecule has 27 heavy (non-hydrogen) atoms. The first-order valence-electron chi connectivity index (χ1n) is 7.91. The zero-order valence-electron chi connectivity index (χ0n) is 14.1. The van der Waals surface area contributed by atoms with Gasteiger partial charge in [-0.25, -0.2) is 4.98 Å². The van der Waals surface area contributed by atoms with Crippen LogP contribution in [0.1, 0.15) is 0 Å². The van der Waals surface area contributed by atoms with Crippen molar-refractivity contribution in [1.29, 1.82) is 0 Å². The van der Waals surface area contributed by atoms with Gasteiger partial charge < -0.3 is 5.32 Å². The monoisotopic (exact) mass is 463 g/mol. The van der Waals surface area contributed by atoms with Crippen LogP contribution in [0.5, 0.6) is 0 Å². The normalized spacial score (nSPS) is 10.6. The van der Waals surface area contributed by atoms with Crippen molar-refractivity contribution >= 4 is 51.0 Å². The van der Waals surface area contributed by atoms with Crippen LogP contribution in [-0.2, 0) is 11.3 Å². The van der Waals surface area contributed by atoms with Crippen LogP contribution < -0.4 is 5.32 Å². The molecular weight excluding hydrogens is 450 g/mol. The second-order valence-electron chi connectivity index (χ2n) is 5.38. The van der Waals surface area contributed by atoms with Crippen molar-refractivity contribution in [3.05, 3.63) is 64.7 Å². The number of carbonyl (C=O) groups is 1.